The van der Waals surface area contributed by atoms with Crippen LogP contribution >= 0.6 is 0 Å². The number of hydrogen-bond acceptors (Lipinski definition) is 6. The molecule has 3 aliphatic rings. The fraction of sp³-hybridized carbons (Fsp3) is 0.382. The van der Waals surface area contributed by atoms with Crippen LogP contribution in [0.15, 0.2) is 54.9 Å². The van der Waals surface area contributed by atoms with Crippen molar-refractivity contribution in [1.29, 1.82) is 0 Å². The summed E-state index contributed by atoms with van der Waals surface area (Å²) >= 11 is 0. The van der Waals surface area contributed by atoms with Crippen LogP contribution < -0.4 is 11.1 Å². The van der Waals surface area contributed by atoms with Gasteiger partial charge >= 0.3 is 0 Å². The standard InChI is InChI=1S/C34H36N8O2/c1-19-27-11-8-24(34(44)41-17-23-7-12-28(41)31(23)35)18-42(27)39-32(19)29-13-21-6-10-26(38-33(21)40(29)16-20-3-4-20)22-5-9-25(37-15-22)14-30(43)36-2/h5-6,8-11,13,15,18,20,23,28,31H,3-4,7,12,14,16-17,35H2,1-2H3,(H,36,43)/t23?,28?,31-/m1/s1. The molecule has 2 bridgehead atoms. The zero-order valence-electron chi connectivity index (χ0n) is 25.0. The van der Waals surface area contributed by atoms with Gasteiger partial charge in [-0.2, -0.15) is 5.10 Å². The van der Waals surface area contributed by atoms with Crippen LogP contribution in [0.5, 0.6) is 0 Å². The summed E-state index contributed by atoms with van der Waals surface area (Å²) in [6.07, 6.45) is 8.44. The number of aromatic nitrogens is 5. The third kappa shape index (κ3) is 4.47. The maximum absolute atomic E-state index is 13.5. The van der Waals surface area contributed by atoms with E-state index in [1.165, 1.54) is 12.8 Å². The number of fused-ring (bicyclic) bond motifs is 4. The van der Waals surface area contributed by atoms with E-state index in [1.807, 2.05) is 45.9 Å². The van der Waals surface area contributed by atoms with Crippen LogP contribution in [0, 0.1) is 18.8 Å². The minimum Gasteiger partial charge on any atom is -0.359 e. The molecule has 3 atom stereocenters. The Morgan fingerprint density at radius 1 is 1.07 bits per heavy atom. The van der Waals surface area contributed by atoms with Crippen LogP contribution in [0.2, 0.25) is 0 Å². The molecule has 3 N–H and O–H groups in total. The lowest BCUT2D eigenvalue weighted by atomic mass is 10.1. The average Bonchev–Trinajstić information content (AvgIpc) is 3.45. The second-order valence-electron chi connectivity index (χ2n) is 12.7. The highest BCUT2D eigenvalue weighted by atomic mass is 16.2. The summed E-state index contributed by atoms with van der Waals surface area (Å²) in [4.78, 5) is 36.9. The average molecular weight is 589 g/mol. The number of nitrogens with zero attached hydrogens (tertiary/aromatic N) is 6. The zero-order valence-corrected chi connectivity index (χ0v) is 25.0. The monoisotopic (exact) mass is 588 g/mol. The number of carbonyl (C=O) groups excluding carboxylic acids is 2. The number of pyridine rings is 3. The van der Waals surface area contributed by atoms with Gasteiger partial charge in [0.15, 0.2) is 0 Å². The summed E-state index contributed by atoms with van der Waals surface area (Å²) in [7, 11) is 1.63. The van der Waals surface area contributed by atoms with Crippen molar-refractivity contribution in [2.24, 2.45) is 17.6 Å². The van der Waals surface area contributed by atoms with Gasteiger partial charge in [-0.25, -0.2) is 9.50 Å². The summed E-state index contributed by atoms with van der Waals surface area (Å²) in [5.41, 5.74) is 14.4. The molecule has 1 saturated heterocycles. The zero-order chi connectivity index (χ0) is 30.1. The fourth-order valence-electron chi connectivity index (χ4n) is 7.15. The number of likely N-dealkylation sites (N-methyl/N-ethyl adjacent to an activating group) is 1. The molecule has 2 unspecified atom stereocenters. The Labute approximate surface area is 255 Å². The second kappa shape index (κ2) is 10.3. The second-order valence-corrected chi connectivity index (χ2v) is 12.7. The minimum atomic E-state index is -0.0663. The third-order valence-electron chi connectivity index (χ3n) is 9.90. The minimum absolute atomic E-state index is 0.0416. The molecule has 3 fully saturated rings. The molecule has 2 saturated carbocycles. The summed E-state index contributed by atoms with van der Waals surface area (Å²) < 4.78 is 4.17. The number of amides is 2. The van der Waals surface area contributed by atoms with Crippen molar-refractivity contribution in [3.8, 4) is 22.6 Å². The van der Waals surface area contributed by atoms with Crippen molar-refractivity contribution >= 4 is 28.4 Å². The van der Waals surface area contributed by atoms with E-state index in [2.05, 4.69) is 33.9 Å². The predicted molar refractivity (Wildman–Crippen MR) is 168 cm³/mol. The van der Waals surface area contributed by atoms with Gasteiger partial charge in [0, 0.05) is 66.8 Å². The lowest BCUT2D eigenvalue weighted by Gasteiger charge is -2.27. The Bertz CT molecular complexity index is 1940. The normalized spacial score (nSPS) is 21.1. The van der Waals surface area contributed by atoms with E-state index in [0.717, 1.165) is 76.4 Å². The number of carbonyl (C=O) groups is 2. The molecule has 2 amide bonds. The first-order valence-electron chi connectivity index (χ1n) is 15.6. The van der Waals surface area contributed by atoms with Crippen molar-refractivity contribution in [3.05, 3.63) is 71.7 Å². The maximum atomic E-state index is 13.5. The molecule has 44 heavy (non-hydrogen) atoms. The summed E-state index contributed by atoms with van der Waals surface area (Å²) in [6, 6.07) is 14.3. The number of piperidine rings is 1. The van der Waals surface area contributed by atoms with E-state index in [0.29, 0.717) is 17.4 Å². The molecule has 5 aromatic rings. The van der Waals surface area contributed by atoms with Crippen molar-refractivity contribution < 1.29 is 9.59 Å². The van der Waals surface area contributed by atoms with Gasteiger partial charge in [0.25, 0.3) is 5.91 Å². The van der Waals surface area contributed by atoms with Gasteiger partial charge in [-0.05, 0) is 86.9 Å². The number of likely N-dealkylation sites (tertiary alicyclic amines) is 1. The molecule has 224 valence electrons. The lowest BCUT2D eigenvalue weighted by Crippen LogP contribution is -2.41. The number of hydrogen-bond donors (Lipinski definition) is 2. The van der Waals surface area contributed by atoms with Crippen molar-refractivity contribution in [2.75, 3.05) is 13.6 Å². The van der Waals surface area contributed by atoms with Crippen molar-refractivity contribution in [3.63, 3.8) is 0 Å². The molecule has 6 heterocycles. The molecular formula is C34H36N8O2. The van der Waals surface area contributed by atoms with Crippen LogP contribution in [0.25, 0.3) is 39.2 Å². The van der Waals surface area contributed by atoms with Crippen molar-refractivity contribution in [2.45, 2.75) is 57.7 Å². The highest BCUT2D eigenvalue weighted by Crippen LogP contribution is 2.39. The molecule has 0 aromatic carbocycles. The molecule has 10 heteroatoms. The molecule has 0 spiro atoms. The van der Waals surface area contributed by atoms with Crippen LogP contribution in [-0.4, -0.2) is 66.5 Å². The van der Waals surface area contributed by atoms with E-state index in [1.54, 1.807) is 13.2 Å². The largest absolute Gasteiger partial charge is 0.359 e. The van der Waals surface area contributed by atoms with Crippen LogP contribution in [0.4, 0.5) is 0 Å². The SMILES string of the molecule is CNC(=O)Cc1ccc(-c2ccc3cc(-c4nn5cc(C(=O)N6CC7CCC6[C@@H]7N)ccc5c4C)n(CC4CC4)c3n2)cn1. The topological polar surface area (TPSA) is 123 Å². The Morgan fingerprint density at radius 3 is 2.64 bits per heavy atom. The first-order valence-corrected chi connectivity index (χ1v) is 15.6. The van der Waals surface area contributed by atoms with Crippen molar-refractivity contribution in [1.82, 2.24) is 34.4 Å². The first kappa shape index (κ1) is 27.0. The third-order valence-corrected chi connectivity index (χ3v) is 9.90. The Balaban J connectivity index is 1.15. The molecule has 8 rings (SSSR count). The van der Waals surface area contributed by atoms with E-state index in [9.17, 15) is 9.59 Å². The number of rotatable bonds is 7. The van der Waals surface area contributed by atoms with Crippen LogP contribution in [-0.2, 0) is 17.8 Å². The lowest BCUT2D eigenvalue weighted by molar-refractivity contribution is -0.120. The van der Waals surface area contributed by atoms with Gasteiger partial charge < -0.3 is 20.5 Å². The maximum Gasteiger partial charge on any atom is 0.255 e. The van der Waals surface area contributed by atoms with Gasteiger partial charge in [-0.3, -0.25) is 14.6 Å². The highest BCUT2D eigenvalue weighted by molar-refractivity contribution is 5.95. The Kier molecular flexibility index (Phi) is 6.30. The Hall–Kier alpha value is -4.57. The fourth-order valence-corrected chi connectivity index (χ4v) is 7.15. The summed E-state index contributed by atoms with van der Waals surface area (Å²) in [6.45, 7) is 3.73. The summed E-state index contributed by atoms with van der Waals surface area (Å²) in [5, 5.41) is 8.75. The molecular weight excluding hydrogens is 552 g/mol. The number of nitrogens with one attached hydrogen (secondary N) is 1. The highest BCUT2D eigenvalue weighted by Gasteiger charge is 2.46. The quantitative estimate of drug-likeness (QED) is 0.297. The Morgan fingerprint density at radius 2 is 1.93 bits per heavy atom. The van der Waals surface area contributed by atoms with Crippen LogP contribution in [0.3, 0.4) is 0 Å². The molecule has 5 aromatic heterocycles. The van der Waals surface area contributed by atoms with Gasteiger partial charge in [0.05, 0.1) is 28.9 Å². The van der Waals surface area contributed by atoms with E-state index in [-0.39, 0.29) is 30.3 Å². The number of aryl methyl sites for hydroxylation is 1. The van der Waals surface area contributed by atoms with Gasteiger partial charge in [0.2, 0.25) is 5.91 Å². The van der Waals surface area contributed by atoms with E-state index in [4.69, 9.17) is 15.8 Å². The van der Waals surface area contributed by atoms with Gasteiger partial charge in [0.1, 0.15) is 11.3 Å². The smallest absolute Gasteiger partial charge is 0.255 e. The van der Waals surface area contributed by atoms with E-state index >= 15 is 0 Å². The van der Waals surface area contributed by atoms with Gasteiger partial charge in [-0.1, -0.05) is 0 Å². The molecule has 2 aliphatic carbocycles. The molecule has 0 radical (unpaired) electrons. The molecule has 1 aliphatic heterocycles. The molecule has 10 nitrogen and oxygen atoms in total. The van der Waals surface area contributed by atoms with E-state index < -0.39 is 0 Å². The summed E-state index contributed by atoms with van der Waals surface area (Å²) in [5.74, 6) is 1.02. The number of nitrogens with two attached hydrogens (primary N) is 1. The van der Waals surface area contributed by atoms with Crippen LogP contribution in [0.1, 0.15) is 47.3 Å². The first-order chi connectivity index (χ1) is 21.4. The van der Waals surface area contributed by atoms with Gasteiger partial charge in [-0.15, -0.1) is 0 Å². The predicted octanol–water partition coefficient (Wildman–Crippen LogP) is 3.98.